The van der Waals surface area contributed by atoms with Gasteiger partial charge in [-0.3, -0.25) is 4.98 Å². The van der Waals surface area contributed by atoms with E-state index in [1.54, 1.807) is 36.5 Å². The summed E-state index contributed by atoms with van der Waals surface area (Å²) in [4.78, 5) is 12.8. The van der Waals surface area contributed by atoms with E-state index in [0.717, 1.165) is 0 Å². The van der Waals surface area contributed by atoms with E-state index in [9.17, 15) is 9.65 Å². The lowest BCUT2D eigenvalue weighted by Crippen LogP contribution is -2.06. The van der Waals surface area contributed by atoms with Crippen molar-refractivity contribution in [2.24, 2.45) is 0 Å². The number of rotatable bonds is 7. The first-order chi connectivity index (χ1) is 15.6. The third-order valence-corrected chi connectivity index (χ3v) is 4.63. The van der Waals surface area contributed by atoms with Crippen LogP contribution < -0.4 is 14.8 Å². The molecule has 0 amide bonds. The van der Waals surface area contributed by atoms with E-state index < -0.39 is 0 Å². The van der Waals surface area contributed by atoms with E-state index in [2.05, 4.69) is 31.4 Å². The lowest BCUT2D eigenvalue weighted by atomic mass is 10.2. The Morgan fingerprint density at radius 2 is 2.00 bits per heavy atom. The molecule has 0 aliphatic rings. The number of nitrogens with one attached hydrogen (secondary N) is 1. The Morgan fingerprint density at radius 1 is 1.16 bits per heavy atom. The quantitative estimate of drug-likeness (QED) is 0.473. The maximum atomic E-state index is 14.1. The van der Waals surface area contributed by atoms with E-state index in [0.29, 0.717) is 45.8 Å². The Hall–Kier alpha value is -4.52. The number of benzene rings is 1. The first-order valence-electron chi connectivity index (χ1n) is 9.50. The second kappa shape index (κ2) is 9.09. The fourth-order valence-corrected chi connectivity index (χ4v) is 3.03. The van der Waals surface area contributed by atoms with Gasteiger partial charge < -0.3 is 14.8 Å². The van der Waals surface area contributed by atoms with Crippen LogP contribution >= 0.6 is 0 Å². The highest BCUT2D eigenvalue weighted by atomic mass is 19.1. The van der Waals surface area contributed by atoms with Gasteiger partial charge in [0.05, 0.1) is 38.2 Å². The lowest BCUT2D eigenvalue weighted by Gasteiger charge is -2.11. The van der Waals surface area contributed by atoms with Crippen LogP contribution in [0.4, 0.5) is 15.9 Å². The summed E-state index contributed by atoms with van der Waals surface area (Å²) in [5.74, 6) is 1.13. The number of anilines is 2. The fraction of sp³-hybridized carbons (Fsp3) is 0.136. The zero-order valence-corrected chi connectivity index (χ0v) is 17.3. The summed E-state index contributed by atoms with van der Waals surface area (Å²) in [6.45, 7) is 0.180. The summed E-state index contributed by atoms with van der Waals surface area (Å²) in [5, 5.41) is 16.9. The molecule has 0 atom stereocenters. The van der Waals surface area contributed by atoms with Crippen molar-refractivity contribution in [3.05, 3.63) is 71.9 Å². The number of hydrogen-bond donors (Lipinski definition) is 1. The molecule has 0 aliphatic heterocycles. The summed E-state index contributed by atoms with van der Waals surface area (Å²) in [6.07, 6.45) is 4.51. The average Bonchev–Trinajstić information content (AvgIpc) is 3.24. The van der Waals surface area contributed by atoms with E-state index in [4.69, 9.17) is 9.47 Å². The van der Waals surface area contributed by atoms with Crippen molar-refractivity contribution in [1.29, 1.82) is 5.26 Å². The zero-order valence-electron chi connectivity index (χ0n) is 17.3. The van der Waals surface area contributed by atoms with Gasteiger partial charge in [0.15, 0.2) is 17.4 Å². The van der Waals surface area contributed by atoms with Gasteiger partial charge in [0.2, 0.25) is 5.88 Å². The molecule has 0 radical (unpaired) electrons. The molecule has 0 bridgehead atoms. The number of pyridine rings is 1. The summed E-state index contributed by atoms with van der Waals surface area (Å²) < 4.78 is 26.4. The number of hydrogen-bond acceptors (Lipinski definition) is 8. The van der Waals surface area contributed by atoms with Gasteiger partial charge in [0, 0.05) is 24.0 Å². The van der Waals surface area contributed by atoms with Gasteiger partial charge in [0.25, 0.3) is 0 Å². The number of halogens is 1. The molecule has 9 nitrogen and oxygen atoms in total. The minimum Gasteiger partial charge on any atom is -0.491 e. The number of nitrogens with zero attached hydrogens (tertiary/aromatic N) is 6. The number of ether oxygens (including phenoxy) is 2. The summed E-state index contributed by atoms with van der Waals surface area (Å²) in [5.41, 5.74) is 1.78. The third kappa shape index (κ3) is 4.17. The predicted molar refractivity (Wildman–Crippen MR) is 114 cm³/mol. The van der Waals surface area contributed by atoms with E-state index in [-0.39, 0.29) is 12.4 Å². The largest absolute Gasteiger partial charge is 0.491 e. The second-order valence-corrected chi connectivity index (χ2v) is 6.59. The molecule has 0 spiro atoms. The Bertz CT molecular complexity index is 1300. The molecule has 1 N–H and O–H groups in total. The molecular weight excluding hydrogens is 413 g/mol. The SMILES string of the molecule is COc1cnc(-c2cc(OC)n(Cc3ccccc3F)n2)nc1Nc1ccncc1C#N. The van der Waals surface area contributed by atoms with Crippen molar-refractivity contribution in [3.63, 3.8) is 0 Å². The van der Waals surface area contributed by atoms with Crippen molar-refractivity contribution >= 4 is 11.5 Å². The first kappa shape index (κ1) is 20.7. The first-order valence-corrected chi connectivity index (χ1v) is 9.50. The fourth-order valence-electron chi connectivity index (χ4n) is 3.03. The van der Waals surface area contributed by atoms with Crippen molar-refractivity contribution in [1.82, 2.24) is 24.7 Å². The molecule has 4 rings (SSSR count). The van der Waals surface area contributed by atoms with Crippen molar-refractivity contribution in [2.75, 3.05) is 19.5 Å². The minimum atomic E-state index is -0.329. The van der Waals surface area contributed by atoms with Crippen LogP contribution in [0, 0.1) is 17.1 Å². The van der Waals surface area contributed by atoms with E-state index in [1.807, 2.05) is 0 Å². The molecule has 160 valence electrons. The van der Waals surface area contributed by atoms with Crippen molar-refractivity contribution in [2.45, 2.75) is 6.54 Å². The molecular formula is C22H18FN7O2. The van der Waals surface area contributed by atoms with Gasteiger partial charge >= 0.3 is 0 Å². The summed E-state index contributed by atoms with van der Waals surface area (Å²) in [6, 6.07) is 11.9. The Labute approximate surface area is 183 Å². The third-order valence-electron chi connectivity index (χ3n) is 4.63. The summed E-state index contributed by atoms with van der Waals surface area (Å²) >= 11 is 0. The van der Waals surface area contributed by atoms with Gasteiger partial charge in [-0.1, -0.05) is 18.2 Å². The van der Waals surface area contributed by atoms with Crippen LogP contribution in [0.1, 0.15) is 11.1 Å². The molecule has 0 saturated carbocycles. The molecule has 4 aromatic rings. The monoisotopic (exact) mass is 431 g/mol. The van der Waals surface area contributed by atoms with Gasteiger partial charge in [-0.15, -0.1) is 0 Å². The van der Waals surface area contributed by atoms with Crippen LogP contribution in [0.5, 0.6) is 11.6 Å². The highest BCUT2D eigenvalue weighted by Gasteiger charge is 2.17. The molecule has 10 heteroatoms. The second-order valence-electron chi connectivity index (χ2n) is 6.59. The number of methoxy groups -OCH3 is 2. The molecule has 0 saturated heterocycles. The molecule has 3 heterocycles. The van der Waals surface area contributed by atoms with Crippen molar-refractivity contribution < 1.29 is 13.9 Å². The maximum absolute atomic E-state index is 14.1. The van der Waals surface area contributed by atoms with Gasteiger partial charge in [-0.25, -0.2) is 19.0 Å². The normalized spacial score (nSPS) is 10.4. The van der Waals surface area contributed by atoms with Gasteiger partial charge in [0.1, 0.15) is 17.6 Å². The molecule has 0 fully saturated rings. The van der Waals surface area contributed by atoms with E-state index in [1.165, 1.54) is 37.4 Å². The maximum Gasteiger partial charge on any atom is 0.212 e. The van der Waals surface area contributed by atoms with Crippen LogP contribution in [0.3, 0.4) is 0 Å². The Balaban J connectivity index is 1.70. The van der Waals surface area contributed by atoms with Gasteiger partial charge in [-0.05, 0) is 12.1 Å². The number of nitriles is 1. The molecule has 0 aliphatic carbocycles. The molecule has 3 aromatic heterocycles. The minimum absolute atomic E-state index is 0.180. The van der Waals surface area contributed by atoms with E-state index >= 15 is 0 Å². The Morgan fingerprint density at radius 3 is 2.75 bits per heavy atom. The smallest absolute Gasteiger partial charge is 0.212 e. The number of aromatic nitrogens is 5. The standard InChI is InChI=1S/C22H18FN7O2/c1-31-19-12-26-21(28-22(19)27-17-7-8-25-11-15(17)10-24)18-9-20(32-2)30(29-18)13-14-5-3-4-6-16(14)23/h3-9,11-12H,13H2,1-2H3,(H,25,26,27,28). The molecule has 32 heavy (non-hydrogen) atoms. The highest BCUT2D eigenvalue weighted by Crippen LogP contribution is 2.29. The molecule has 1 aromatic carbocycles. The van der Waals surface area contributed by atoms with Crippen LogP contribution in [0.2, 0.25) is 0 Å². The highest BCUT2D eigenvalue weighted by molar-refractivity contribution is 5.68. The van der Waals surface area contributed by atoms with Crippen LogP contribution in [0.15, 0.2) is 55.0 Å². The topological polar surface area (TPSA) is 111 Å². The predicted octanol–water partition coefficient (Wildman–Crippen LogP) is 3.55. The Kier molecular flexibility index (Phi) is 5.89. The summed E-state index contributed by atoms with van der Waals surface area (Å²) in [7, 11) is 3.00. The van der Waals surface area contributed by atoms with Gasteiger partial charge in [-0.2, -0.15) is 10.4 Å². The van der Waals surface area contributed by atoms with Crippen LogP contribution in [-0.4, -0.2) is 39.0 Å². The zero-order chi connectivity index (χ0) is 22.5. The van der Waals surface area contributed by atoms with Crippen molar-refractivity contribution in [3.8, 4) is 29.2 Å². The van der Waals surface area contributed by atoms with Crippen LogP contribution in [-0.2, 0) is 6.54 Å². The van der Waals surface area contributed by atoms with Crippen LogP contribution in [0.25, 0.3) is 11.5 Å². The lowest BCUT2D eigenvalue weighted by molar-refractivity contribution is 0.365. The molecule has 0 unspecified atom stereocenters. The average molecular weight is 431 g/mol.